The zero-order valence-electron chi connectivity index (χ0n) is 13.0. The van der Waals surface area contributed by atoms with Gasteiger partial charge < -0.3 is 19.5 Å². The Balaban J connectivity index is 2.35. The third kappa shape index (κ3) is 8.32. The van der Waals surface area contributed by atoms with E-state index in [-0.39, 0.29) is 18.8 Å². The molecule has 0 fully saturated rings. The second kappa shape index (κ2) is 10.2. The Kier molecular flexibility index (Phi) is 8.47. The number of esters is 1. The zero-order valence-corrected chi connectivity index (χ0v) is 13.0. The lowest BCUT2D eigenvalue weighted by atomic mass is 10.3. The molecule has 1 unspecified atom stereocenters. The summed E-state index contributed by atoms with van der Waals surface area (Å²) in [6.07, 6.45) is -0.201. The number of hydrogen-bond acceptors (Lipinski definition) is 5. The third-order valence-electron chi connectivity index (χ3n) is 2.64. The van der Waals surface area contributed by atoms with Gasteiger partial charge in [0.1, 0.15) is 11.9 Å². The van der Waals surface area contributed by atoms with Crippen LogP contribution >= 0.6 is 0 Å². The van der Waals surface area contributed by atoms with Gasteiger partial charge in [-0.2, -0.15) is 0 Å². The molecule has 5 heteroatoms. The van der Waals surface area contributed by atoms with Gasteiger partial charge in [-0.3, -0.25) is 0 Å². The second-order valence-corrected chi connectivity index (χ2v) is 4.90. The lowest BCUT2D eigenvalue weighted by Crippen LogP contribution is -2.36. The van der Waals surface area contributed by atoms with E-state index < -0.39 is 5.97 Å². The molecule has 1 aromatic carbocycles. The Labute approximate surface area is 126 Å². The van der Waals surface area contributed by atoms with Gasteiger partial charge in [0, 0.05) is 6.54 Å². The summed E-state index contributed by atoms with van der Waals surface area (Å²) in [7, 11) is 0. The molecule has 1 N–H and O–H groups in total. The van der Waals surface area contributed by atoms with Crippen LogP contribution in [0.25, 0.3) is 0 Å². The number of carbonyl (C=O) groups excluding carboxylic acids is 1. The van der Waals surface area contributed by atoms with E-state index in [2.05, 4.69) is 5.32 Å². The number of benzene rings is 1. The van der Waals surface area contributed by atoms with Gasteiger partial charge in [0.25, 0.3) is 0 Å². The first-order chi connectivity index (χ1) is 10.1. The van der Waals surface area contributed by atoms with Crippen LogP contribution in [0.5, 0.6) is 5.75 Å². The van der Waals surface area contributed by atoms with Crippen molar-refractivity contribution < 1.29 is 19.0 Å². The molecule has 1 atom stereocenters. The maximum atomic E-state index is 11.8. The second-order valence-electron chi connectivity index (χ2n) is 4.90. The van der Waals surface area contributed by atoms with E-state index in [0.29, 0.717) is 18.9 Å². The molecule has 0 spiro atoms. The predicted octanol–water partition coefficient (Wildman–Crippen LogP) is 2.01. The molecule has 1 aromatic rings. The molecule has 0 amide bonds. The topological polar surface area (TPSA) is 56.8 Å². The highest BCUT2D eigenvalue weighted by Gasteiger charge is 2.15. The standard InChI is InChI=1S/C16H25NO4/c1-4-17-10-15(11-19-13(2)3)21-16(18)12-20-14-8-6-5-7-9-14/h5-9,13,15,17H,4,10-12H2,1-3H3. The number of likely N-dealkylation sites (N-methyl/N-ethyl adjacent to an activating group) is 1. The molecule has 21 heavy (non-hydrogen) atoms. The minimum Gasteiger partial charge on any atom is -0.482 e. The van der Waals surface area contributed by atoms with E-state index in [9.17, 15) is 4.79 Å². The molecule has 1 rings (SSSR count). The average Bonchev–Trinajstić information content (AvgIpc) is 2.49. The molecule has 118 valence electrons. The molecule has 0 aromatic heterocycles. The fourth-order valence-corrected chi connectivity index (χ4v) is 1.62. The number of nitrogens with one attached hydrogen (secondary N) is 1. The van der Waals surface area contributed by atoms with Crippen LogP contribution in [0.4, 0.5) is 0 Å². The lowest BCUT2D eigenvalue weighted by Gasteiger charge is -2.19. The van der Waals surface area contributed by atoms with Crippen molar-refractivity contribution in [3.63, 3.8) is 0 Å². The van der Waals surface area contributed by atoms with E-state index in [1.165, 1.54) is 0 Å². The lowest BCUT2D eigenvalue weighted by molar-refractivity contribution is -0.155. The van der Waals surface area contributed by atoms with E-state index in [1.54, 1.807) is 12.1 Å². The molecular weight excluding hydrogens is 270 g/mol. The summed E-state index contributed by atoms with van der Waals surface area (Å²) in [6, 6.07) is 9.19. The number of rotatable bonds is 10. The quantitative estimate of drug-likeness (QED) is 0.669. The Hall–Kier alpha value is -1.59. The average molecular weight is 295 g/mol. The molecule has 0 saturated heterocycles. The highest BCUT2D eigenvalue weighted by atomic mass is 16.6. The van der Waals surface area contributed by atoms with Crippen molar-refractivity contribution in [1.29, 1.82) is 0 Å². The van der Waals surface area contributed by atoms with Gasteiger partial charge in [-0.15, -0.1) is 0 Å². The van der Waals surface area contributed by atoms with E-state index in [4.69, 9.17) is 14.2 Å². The normalized spacial score (nSPS) is 12.2. The molecule has 0 aliphatic carbocycles. The number of para-hydroxylation sites is 1. The van der Waals surface area contributed by atoms with E-state index in [1.807, 2.05) is 39.0 Å². The van der Waals surface area contributed by atoms with Crippen LogP contribution in [0.15, 0.2) is 30.3 Å². The maximum Gasteiger partial charge on any atom is 0.344 e. The van der Waals surface area contributed by atoms with Crippen LogP contribution in [0.3, 0.4) is 0 Å². The first-order valence-corrected chi connectivity index (χ1v) is 7.31. The van der Waals surface area contributed by atoms with Gasteiger partial charge in [-0.25, -0.2) is 4.79 Å². The van der Waals surface area contributed by atoms with Gasteiger partial charge in [-0.05, 0) is 32.5 Å². The van der Waals surface area contributed by atoms with Crippen LogP contribution in [-0.2, 0) is 14.3 Å². The Morgan fingerprint density at radius 1 is 1.24 bits per heavy atom. The van der Waals surface area contributed by atoms with Crippen molar-refractivity contribution in [2.24, 2.45) is 0 Å². The van der Waals surface area contributed by atoms with Crippen LogP contribution < -0.4 is 10.1 Å². The van der Waals surface area contributed by atoms with Gasteiger partial charge in [0.2, 0.25) is 0 Å². The van der Waals surface area contributed by atoms with Gasteiger partial charge in [0.05, 0.1) is 12.7 Å². The first kappa shape index (κ1) is 17.5. The van der Waals surface area contributed by atoms with Crippen molar-refractivity contribution in [3.05, 3.63) is 30.3 Å². The predicted molar refractivity (Wildman–Crippen MR) is 81.4 cm³/mol. The van der Waals surface area contributed by atoms with Crippen molar-refractivity contribution in [2.45, 2.75) is 33.0 Å². The first-order valence-electron chi connectivity index (χ1n) is 7.31. The summed E-state index contributed by atoms with van der Waals surface area (Å²) in [4.78, 5) is 11.8. The van der Waals surface area contributed by atoms with E-state index >= 15 is 0 Å². The van der Waals surface area contributed by atoms with Gasteiger partial charge >= 0.3 is 5.97 Å². The third-order valence-corrected chi connectivity index (χ3v) is 2.64. The van der Waals surface area contributed by atoms with Crippen LogP contribution in [0.1, 0.15) is 20.8 Å². The molecule has 5 nitrogen and oxygen atoms in total. The van der Waals surface area contributed by atoms with Crippen LogP contribution in [0.2, 0.25) is 0 Å². The minimum absolute atomic E-state index is 0.103. The summed E-state index contributed by atoms with van der Waals surface area (Å²) in [5, 5.41) is 3.15. The molecule has 0 aliphatic heterocycles. The maximum absolute atomic E-state index is 11.8. The fraction of sp³-hybridized carbons (Fsp3) is 0.562. The summed E-state index contributed by atoms with van der Waals surface area (Å²) in [5.74, 6) is 0.255. The van der Waals surface area contributed by atoms with E-state index in [0.717, 1.165) is 6.54 Å². The molecule has 0 radical (unpaired) electrons. The van der Waals surface area contributed by atoms with Crippen LogP contribution in [0, 0.1) is 0 Å². The molecule has 0 aliphatic rings. The summed E-state index contributed by atoms with van der Waals surface area (Å²) >= 11 is 0. The number of carbonyl (C=O) groups is 1. The van der Waals surface area contributed by atoms with Crippen molar-refractivity contribution in [1.82, 2.24) is 5.32 Å². The zero-order chi connectivity index (χ0) is 15.5. The van der Waals surface area contributed by atoms with Crippen molar-refractivity contribution >= 4 is 5.97 Å². The number of hydrogen-bond donors (Lipinski definition) is 1. The largest absolute Gasteiger partial charge is 0.482 e. The van der Waals surface area contributed by atoms with Crippen molar-refractivity contribution in [2.75, 3.05) is 26.3 Å². The Morgan fingerprint density at radius 2 is 1.95 bits per heavy atom. The summed E-state index contributed by atoms with van der Waals surface area (Å²) in [6.45, 7) is 7.56. The SMILES string of the molecule is CCNCC(COC(C)C)OC(=O)COc1ccccc1. The Bertz CT molecular complexity index is 395. The minimum atomic E-state index is -0.394. The van der Waals surface area contributed by atoms with Crippen LogP contribution in [-0.4, -0.2) is 44.5 Å². The highest BCUT2D eigenvalue weighted by Crippen LogP contribution is 2.08. The number of ether oxygens (including phenoxy) is 3. The molecule has 0 saturated carbocycles. The van der Waals surface area contributed by atoms with Crippen molar-refractivity contribution in [3.8, 4) is 5.75 Å². The molecule has 0 bridgehead atoms. The fourth-order valence-electron chi connectivity index (χ4n) is 1.62. The highest BCUT2D eigenvalue weighted by molar-refractivity contribution is 5.71. The molecular formula is C16H25NO4. The molecule has 0 heterocycles. The summed E-state index contributed by atoms with van der Waals surface area (Å²) in [5.41, 5.74) is 0. The monoisotopic (exact) mass is 295 g/mol. The smallest absolute Gasteiger partial charge is 0.344 e. The summed E-state index contributed by atoms with van der Waals surface area (Å²) < 4.78 is 16.2. The van der Waals surface area contributed by atoms with Gasteiger partial charge in [0.15, 0.2) is 6.61 Å². The Morgan fingerprint density at radius 3 is 2.57 bits per heavy atom. The van der Waals surface area contributed by atoms with Gasteiger partial charge in [-0.1, -0.05) is 25.1 Å².